The van der Waals surface area contributed by atoms with E-state index in [4.69, 9.17) is 11.6 Å². The Hall–Kier alpha value is -3.26. The minimum atomic E-state index is -0.548. The summed E-state index contributed by atoms with van der Waals surface area (Å²) in [6.45, 7) is 3.91. The lowest BCUT2D eigenvalue weighted by atomic mass is 10.1. The zero-order valence-electron chi connectivity index (χ0n) is 15.3. The number of nitrogens with one attached hydrogen (secondary N) is 2. The molecule has 2 rings (SSSR count). The van der Waals surface area contributed by atoms with E-state index in [-0.39, 0.29) is 22.5 Å². The lowest BCUT2D eigenvalue weighted by molar-refractivity contribution is -0.384. The smallest absolute Gasteiger partial charge is 0.271 e. The molecule has 0 aromatic heterocycles. The highest BCUT2D eigenvalue weighted by atomic mass is 35.5. The number of hydrazone groups is 1. The number of halogens is 1. The minimum absolute atomic E-state index is 0.0920. The average Bonchev–Trinajstić information content (AvgIpc) is 2.62. The predicted octanol–water partition coefficient (Wildman–Crippen LogP) is 4.00. The molecule has 0 radical (unpaired) electrons. The van der Waals surface area contributed by atoms with Crippen LogP contribution in [-0.2, 0) is 4.79 Å². The molecule has 0 saturated heterocycles. The summed E-state index contributed by atoms with van der Waals surface area (Å²) in [5.41, 5.74) is 3.43. The van der Waals surface area contributed by atoms with E-state index < -0.39 is 10.8 Å². The molecule has 0 aliphatic heterocycles. The first-order valence-electron chi connectivity index (χ1n) is 8.43. The lowest BCUT2D eigenvalue weighted by Crippen LogP contribution is -2.18. The van der Waals surface area contributed by atoms with Crippen LogP contribution in [0.3, 0.4) is 0 Å². The van der Waals surface area contributed by atoms with Gasteiger partial charge in [0, 0.05) is 40.4 Å². The zero-order chi connectivity index (χ0) is 20.7. The molecule has 0 heterocycles. The first-order valence-corrected chi connectivity index (χ1v) is 8.81. The maximum atomic E-state index is 12.1. The Morgan fingerprint density at radius 3 is 2.50 bits per heavy atom. The molecule has 0 spiro atoms. The van der Waals surface area contributed by atoms with Crippen molar-refractivity contribution in [2.45, 2.75) is 20.3 Å². The van der Waals surface area contributed by atoms with Crippen molar-refractivity contribution >= 4 is 41.0 Å². The topological polar surface area (TPSA) is 114 Å². The molecule has 0 bridgehead atoms. The van der Waals surface area contributed by atoms with Gasteiger partial charge in [0.05, 0.1) is 11.1 Å². The molecule has 0 fully saturated rings. The Labute approximate surface area is 166 Å². The molecule has 0 saturated carbocycles. The lowest BCUT2D eigenvalue weighted by Gasteiger charge is -2.07. The molecule has 2 aromatic rings. The monoisotopic (exact) mass is 402 g/mol. The van der Waals surface area contributed by atoms with Crippen LogP contribution in [0.2, 0.25) is 5.02 Å². The van der Waals surface area contributed by atoms with Crippen LogP contribution in [0.4, 0.5) is 11.4 Å². The van der Waals surface area contributed by atoms with E-state index in [2.05, 4.69) is 15.8 Å². The van der Waals surface area contributed by atoms with Crippen molar-refractivity contribution in [1.29, 1.82) is 0 Å². The number of hydrogen-bond acceptors (Lipinski definition) is 5. The Morgan fingerprint density at radius 2 is 1.89 bits per heavy atom. The van der Waals surface area contributed by atoms with Gasteiger partial charge in [-0.1, -0.05) is 25.4 Å². The van der Waals surface area contributed by atoms with Crippen LogP contribution in [0.1, 0.15) is 36.2 Å². The van der Waals surface area contributed by atoms with E-state index >= 15 is 0 Å². The highest BCUT2D eigenvalue weighted by Crippen LogP contribution is 2.20. The molecular formula is C19H19ClN4O4. The first kappa shape index (κ1) is 21.0. The van der Waals surface area contributed by atoms with Gasteiger partial charge >= 0.3 is 0 Å². The van der Waals surface area contributed by atoms with Gasteiger partial charge in [-0.3, -0.25) is 19.7 Å². The number of amides is 2. The number of carbonyl (C=O) groups excluding carboxylic acids is 2. The van der Waals surface area contributed by atoms with E-state index in [0.29, 0.717) is 23.2 Å². The fraction of sp³-hybridized carbons (Fsp3) is 0.211. The van der Waals surface area contributed by atoms with Crippen molar-refractivity contribution in [1.82, 2.24) is 5.43 Å². The van der Waals surface area contributed by atoms with E-state index in [1.54, 1.807) is 24.3 Å². The minimum Gasteiger partial charge on any atom is -0.326 e. The highest BCUT2D eigenvalue weighted by molar-refractivity contribution is 6.33. The van der Waals surface area contributed by atoms with Crippen molar-refractivity contribution in [3.63, 3.8) is 0 Å². The number of non-ortho nitro benzene ring substituents is 1. The third kappa shape index (κ3) is 6.17. The second-order valence-electron chi connectivity index (χ2n) is 6.39. The zero-order valence-corrected chi connectivity index (χ0v) is 16.1. The van der Waals surface area contributed by atoms with Gasteiger partial charge in [0.15, 0.2) is 0 Å². The van der Waals surface area contributed by atoms with Crippen molar-refractivity contribution in [3.8, 4) is 0 Å². The van der Waals surface area contributed by atoms with Gasteiger partial charge in [0.25, 0.3) is 11.6 Å². The molecular weight excluding hydrogens is 384 g/mol. The number of nitro groups is 1. The van der Waals surface area contributed by atoms with Gasteiger partial charge in [0.2, 0.25) is 5.91 Å². The SMILES string of the molecule is CC(C)CC(=O)Nc1ccc(C(=O)N/N=C/c2cc([N+](=O)[O-])ccc2Cl)cc1. The number of hydrogen-bond donors (Lipinski definition) is 2. The Bertz CT molecular complexity index is 911. The van der Waals surface area contributed by atoms with E-state index in [0.717, 1.165) is 0 Å². The van der Waals surface area contributed by atoms with Crippen LogP contribution in [0.25, 0.3) is 0 Å². The van der Waals surface area contributed by atoms with E-state index in [1.807, 2.05) is 13.8 Å². The van der Waals surface area contributed by atoms with Crippen LogP contribution < -0.4 is 10.7 Å². The number of carbonyl (C=O) groups is 2. The maximum Gasteiger partial charge on any atom is 0.271 e. The van der Waals surface area contributed by atoms with Gasteiger partial charge in [-0.25, -0.2) is 5.43 Å². The average molecular weight is 403 g/mol. The van der Waals surface area contributed by atoms with Crippen molar-refractivity contribution in [2.24, 2.45) is 11.0 Å². The molecule has 0 unspecified atom stereocenters. The Morgan fingerprint density at radius 1 is 1.21 bits per heavy atom. The third-order valence-corrected chi connectivity index (χ3v) is 3.93. The van der Waals surface area contributed by atoms with Crippen molar-refractivity contribution in [3.05, 3.63) is 68.7 Å². The van der Waals surface area contributed by atoms with Crippen molar-refractivity contribution < 1.29 is 14.5 Å². The largest absolute Gasteiger partial charge is 0.326 e. The second kappa shape index (κ2) is 9.61. The molecule has 2 aromatic carbocycles. The molecule has 0 aliphatic carbocycles. The summed E-state index contributed by atoms with van der Waals surface area (Å²) in [7, 11) is 0. The molecule has 8 nitrogen and oxygen atoms in total. The van der Waals surface area contributed by atoms with Gasteiger partial charge in [-0.2, -0.15) is 5.10 Å². The number of anilines is 1. The van der Waals surface area contributed by atoms with E-state index in [9.17, 15) is 19.7 Å². The highest BCUT2D eigenvalue weighted by Gasteiger charge is 2.09. The number of nitrogens with zero attached hydrogens (tertiary/aromatic N) is 2. The standard InChI is InChI=1S/C19H19ClN4O4/c1-12(2)9-18(25)22-15-5-3-13(4-6-15)19(26)23-21-11-14-10-16(24(27)28)7-8-17(14)20/h3-8,10-12H,9H2,1-2H3,(H,22,25)(H,23,26)/b21-11+. The summed E-state index contributed by atoms with van der Waals surface area (Å²) in [6, 6.07) is 10.3. The van der Waals surface area contributed by atoms with Gasteiger partial charge in [-0.05, 0) is 36.2 Å². The molecule has 28 heavy (non-hydrogen) atoms. The van der Waals surface area contributed by atoms with Crippen molar-refractivity contribution in [2.75, 3.05) is 5.32 Å². The Kier molecular flexibility index (Phi) is 7.22. The van der Waals surface area contributed by atoms with Crippen LogP contribution in [0.5, 0.6) is 0 Å². The normalized spacial score (nSPS) is 10.9. The molecule has 0 atom stereocenters. The van der Waals surface area contributed by atoms with Crippen LogP contribution >= 0.6 is 11.6 Å². The second-order valence-corrected chi connectivity index (χ2v) is 6.79. The number of benzene rings is 2. The summed E-state index contributed by atoms with van der Waals surface area (Å²) in [5.74, 6) is -0.314. The summed E-state index contributed by atoms with van der Waals surface area (Å²) in [5, 5.41) is 17.6. The van der Waals surface area contributed by atoms with Crippen LogP contribution in [0.15, 0.2) is 47.6 Å². The molecule has 9 heteroatoms. The molecule has 146 valence electrons. The van der Waals surface area contributed by atoms with Gasteiger partial charge in [-0.15, -0.1) is 0 Å². The quantitative estimate of drug-likeness (QED) is 0.414. The summed E-state index contributed by atoms with van der Waals surface area (Å²) in [6.07, 6.45) is 1.64. The van der Waals surface area contributed by atoms with E-state index in [1.165, 1.54) is 24.4 Å². The Balaban J connectivity index is 1.98. The molecule has 2 amide bonds. The molecule has 0 aliphatic rings. The maximum absolute atomic E-state index is 12.1. The summed E-state index contributed by atoms with van der Waals surface area (Å²) in [4.78, 5) is 34.1. The summed E-state index contributed by atoms with van der Waals surface area (Å²) < 4.78 is 0. The van der Waals surface area contributed by atoms with Crippen LogP contribution in [0, 0.1) is 16.0 Å². The predicted molar refractivity (Wildman–Crippen MR) is 108 cm³/mol. The number of rotatable bonds is 7. The first-order chi connectivity index (χ1) is 13.3. The molecule has 2 N–H and O–H groups in total. The fourth-order valence-corrected chi connectivity index (χ4v) is 2.42. The van der Waals surface area contributed by atoms with Crippen LogP contribution in [-0.4, -0.2) is 23.0 Å². The van der Waals surface area contributed by atoms with Gasteiger partial charge < -0.3 is 5.32 Å². The third-order valence-electron chi connectivity index (χ3n) is 3.58. The number of nitro benzene ring substituents is 1. The van der Waals surface area contributed by atoms with Gasteiger partial charge in [0.1, 0.15) is 0 Å². The fourth-order valence-electron chi connectivity index (χ4n) is 2.26. The summed E-state index contributed by atoms with van der Waals surface area (Å²) >= 11 is 5.96.